The van der Waals surface area contributed by atoms with Gasteiger partial charge in [0, 0.05) is 21.5 Å². The third-order valence-corrected chi connectivity index (χ3v) is 5.50. The van der Waals surface area contributed by atoms with Gasteiger partial charge in [0.25, 0.3) is 5.56 Å². The van der Waals surface area contributed by atoms with Crippen LogP contribution in [0.25, 0.3) is 33.1 Å². The molecule has 0 saturated heterocycles. The van der Waals surface area contributed by atoms with Gasteiger partial charge in [-0.25, -0.2) is 18.5 Å². The maximum atomic E-state index is 15.5. The van der Waals surface area contributed by atoms with Gasteiger partial charge in [0.15, 0.2) is 11.6 Å². The van der Waals surface area contributed by atoms with Gasteiger partial charge in [-0.3, -0.25) is 4.79 Å². The Morgan fingerprint density at radius 2 is 1.85 bits per heavy atom. The minimum absolute atomic E-state index is 0.0210. The van der Waals surface area contributed by atoms with Crippen LogP contribution in [0.3, 0.4) is 0 Å². The van der Waals surface area contributed by atoms with Crippen molar-refractivity contribution in [1.82, 2.24) is 9.55 Å². The summed E-state index contributed by atoms with van der Waals surface area (Å²) in [5.74, 6) is -1.90. The van der Waals surface area contributed by atoms with E-state index >= 15 is 4.39 Å². The molecule has 4 rings (SSSR count). The van der Waals surface area contributed by atoms with Crippen molar-refractivity contribution in [3.63, 3.8) is 0 Å². The summed E-state index contributed by atoms with van der Waals surface area (Å²) in [6.07, 6.45) is -0.781. The van der Waals surface area contributed by atoms with E-state index in [2.05, 4.69) is 4.98 Å². The molecule has 0 aliphatic carbocycles. The number of nitrogens with zero attached hydrogens (tertiary/aromatic N) is 1. The summed E-state index contributed by atoms with van der Waals surface area (Å²) in [6, 6.07) is 8.98. The molecule has 0 atom stereocenters. The Morgan fingerprint density at radius 3 is 2.53 bits per heavy atom. The minimum Gasteiger partial charge on any atom is -0.494 e. The van der Waals surface area contributed by atoms with E-state index in [1.54, 1.807) is 32.0 Å². The molecule has 10 heteroatoms. The van der Waals surface area contributed by atoms with Crippen LogP contribution in [-0.4, -0.2) is 41.9 Å². The molecule has 1 N–H and O–H groups in total. The summed E-state index contributed by atoms with van der Waals surface area (Å²) in [4.78, 5) is 41.8. The molecule has 0 unspecified atom stereocenters. The normalized spacial score (nSPS) is 11.1. The van der Waals surface area contributed by atoms with Crippen LogP contribution in [0.4, 0.5) is 9.18 Å². The van der Waals surface area contributed by atoms with E-state index in [1.165, 1.54) is 29.9 Å². The Balaban J connectivity index is 2.30. The predicted molar refractivity (Wildman–Crippen MR) is 125 cm³/mol. The maximum Gasteiger partial charge on any atom is 0.419 e. The number of esters is 1. The summed E-state index contributed by atoms with van der Waals surface area (Å²) in [5, 5.41) is 0.757. The van der Waals surface area contributed by atoms with Crippen molar-refractivity contribution in [2.24, 2.45) is 0 Å². The van der Waals surface area contributed by atoms with Crippen LogP contribution in [0.1, 0.15) is 24.2 Å². The van der Waals surface area contributed by atoms with Crippen molar-refractivity contribution < 1.29 is 28.2 Å². The number of nitrogens with one attached hydrogen (secondary N) is 1. The van der Waals surface area contributed by atoms with Gasteiger partial charge in [0.05, 0.1) is 36.9 Å². The summed E-state index contributed by atoms with van der Waals surface area (Å²) >= 11 is 6.19. The maximum absolute atomic E-state index is 15.5. The Kier molecular flexibility index (Phi) is 6.30. The second kappa shape index (κ2) is 9.18. The molecule has 0 radical (unpaired) electrons. The standard InChI is InChI=1S/C24H20ClFN2O6/c1-4-33-23(30)18-17(13-7-6-8-16(32-3)19(13)26)21-20(27-22(18)29)14-11-12(25)9-10-15(14)28(21)24(31)34-5-2/h6-11H,4-5H2,1-3H3,(H,27,29). The molecule has 0 aliphatic rings. The van der Waals surface area contributed by atoms with E-state index in [0.717, 1.165) is 0 Å². The largest absolute Gasteiger partial charge is 0.494 e. The number of aromatic amines is 1. The fourth-order valence-corrected chi connectivity index (χ4v) is 4.11. The zero-order valence-electron chi connectivity index (χ0n) is 18.5. The van der Waals surface area contributed by atoms with Gasteiger partial charge >= 0.3 is 12.1 Å². The number of aromatic nitrogens is 2. The lowest BCUT2D eigenvalue weighted by Gasteiger charge is -2.15. The molecule has 2 aromatic carbocycles. The molecule has 0 spiro atoms. The number of fused-ring (bicyclic) bond motifs is 3. The van der Waals surface area contributed by atoms with Crippen LogP contribution >= 0.6 is 11.6 Å². The Labute approximate surface area is 197 Å². The summed E-state index contributed by atoms with van der Waals surface area (Å²) in [5.41, 5.74) is -0.940. The summed E-state index contributed by atoms with van der Waals surface area (Å²) in [6.45, 7) is 3.25. The topological polar surface area (TPSA) is 99.6 Å². The first-order valence-corrected chi connectivity index (χ1v) is 10.8. The van der Waals surface area contributed by atoms with Gasteiger partial charge in [-0.1, -0.05) is 23.7 Å². The number of halogens is 2. The number of hydrogen-bond acceptors (Lipinski definition) is 6. The Bertz CT molecular complexity index is 1510. The van der Waals surface area contributed by atoms with Crippen LogP contribution in [0.15, 0.2) is 41.2 Å². The van der Waals surface area contributed by atoms with Crippen LogP contribution in [-0.2, 0) is 9.47 Å². The van der Waals surface area contributed by atoms with Crippen molar-refractivity contribution in [2.45, 2.75) is 13.8 Å². The summed E-state index contributed by atoms with van der Waals surface area (Å²) in [7, 11) is 1.29. The zero-order valence-corrected chi connectivity index (χ0v) is 19.3. The molecule has 176 valence electrons. The van der Waals surface area contributed by atoms with Crippen LogP contribution < -0.4 is 10.3 Å². The second-order valence-electron chi connectivity index (χ2n) is 7.17. The van der Waals surface area contributed by atoms with Crippen molar-refractivity contribution in [2.75, 3.05) is 20.3 Å². The van der Waals surface area contributed by atoms with Crippen molar-refractivity contribution >= 4 is 45.6 Å². The monoisotopic (exact) mass is 486 g/mol. The molecular formula is C24H20ClFN2O6. The average Bonchev–Trinajstić information content (AvgIpc) is 3.12. The highest BCUT2D eigenvalue weighted by atomic mass is 35.5. The Hall–Kier alpha value is -3.85. The zero-order chi connectivity index (χ0) is 24.6. The van der Waals surface area contributed by atoms with Gasteiger partial charge < -0.3 is 19.2 Å². The second-order valence-corrected chi connectivity index (χ2v) is 7.60. The molecule has 0 saturated carbocycles. The van der Waals surface area contributed by atoms with E-state index < -0.39 is 29.0 Å². The molecule has 2 aromatic heterocycles. The fourth-order valence-electron chi connectivity index (χ4n) is 3.93. The van der Waals surface area contributed by atoms with Crippen molar-refractivity contribution in [1.29, 1.82) is 0 Å². The van der Waals surface area contributed by atoms with Crippen LogP contribution in [0.5, 0.6) is 5.75 Å². The van der Waals surface area contributed by atoms with Crippen molar-refractivity contribution in [3.8, 4) is 16.9 Å². The average molecular weight is 487 g/mol. The lowest BCUT2D eigenvalue weighted by Crippen LogP contribution is -2.23. The number of carbonyl (C=O) groups excluding carboxylic acids is 2. The highest BCUT2D eigenvalue weighted by Gasteiger charge is 2.30. The van der Waals surface area contributed by atoms with E-state index in [9.17, 15) is 14.4 Å². The van der Waals surface area contributed by atoms with Gasteiger partial charge in [-0.15, -0.1) is 0 Å². The minimum atomic E-state index is -0.971. The van der Waals surface area contributed by atoms with E-state index in [0.29, 0.717) is 15.9 Å². The molecule has 2 heterocycles. The van der Waals surface area contributed by atoms with Crippen LogP contribution in [0.2, 0.25) is 5.02 Å². The molecule has 4 aromatic rings. The van der Waals surface area contributed by atoms with Gasteiger partial charge in [-0.05, 0) is 38.1 Å². The summed E-state index contributed by atoms with van der Waals surface area (Å²) < 4.78 is 32.1. The smallest absolute Gasteiger partial charge is 0.419 e. The number of pyridine rings is 1. The van der Waals surface area contributed by atoms with Gasteiger partial charge in [0.1, 0.15) is 5.56 Å². The molecule has 0 amide bonds. The molecular weight excluding hydrogens is 467 g/mol. The van der Waals surface area contributed by atoms with E-state index in [4.69, 9.17) is 25.8 Å². The predicted octanol–water partition coefficient (Wildman–Crippen LogP) is 5.13. The van der Waals surface area contributed by atoms with Crippen LogP contribution in [0, 0.1) is 5.82 Å². The quantitative estimate of drug-likeness (QED) is 0.392. The first-order valence-electron chi connectivity index (χ1n) is 10.4. The van der Waals surface area contributed by atoms with Gasteiger partial charge in [0.2, 0.25) is 0 Å². The number of hydrogen-bond donors (Lipinski definition) is 1. The van der Waals surface area contributed by atoms with E-state index in [-0.39, 0.29) is 41.1 Å². The number of ether oxygens (including phenoxy) is 3. The number of methoxy groups -OCH3 is 1. The lowest BCUT2D eigenvalue weighted by atomic mass is 9.98. The van der Waals surface area contributed by atoms with E-state index in [1.807, 2.05) is 0 Å². The highest BCUT2D eigenvalue weighted by molar-refractivity contribution is 6.32. The lowest BCUT2D eigenvalue weighted by molar-refractivity contribution is 0.0525. The number of H-pyrrole nitrogens is 1. The Morgan fingerprint density at radius 1 is 1.12 bits per heavy atom. The van der Waals surface area contributed by atoms with Crippen molar-refractivity contribution in [3.05, 3.63) is 63.2 Å². The SMILES string of the molecule is CCOC(=O)c1c(-c2cccc(OC)c2F)c2c([nH]c1=O)c1cc(Cl)ccc1n2C(=O)OCC. The third-order valence-electron chi connectivity index (χ3n) is 5.26. The molecule has 8 nitrogen and oxygen atoms in total. The first-order chi connectivity index (χ1) is 16.3. The number of rotatable bonds is 5. The molecule has 34 heavy (non-hydrogen) atoms. The number of carbonyl (C=O) groups is 2. The molecule has 0 bridgehead atoms. The fraction of sp³-hybridized carbons (Fsp3) is 0.208. The highest BCUT2D eigenvalue weighted by Crippen LogP contribution is 2.39. The number of benzene rings is 2. The van der Waals surface area contributed by atoms with Gasteiger partial charge in [-0.2, -0.15) is 0 Å². The molecule has 0 fully saturated rings. The third kappa shape index (κ3) is 3.67. The first kappa shape index (κ1) is 23.3. The molecule has 0 aliphatic heterocycles.